The van der Waals surface area contributed by atoms with E-state index in [1.807, 2.05) is 0 Å². The molecule has 2 rings (SSSR count). The van der Waals surface area contributed by atoms with Crippen LogP contribution in [-0.4, -0.2) is 38.4 Å². The third-order valence-corrected chi connectivity index (χ3v) is 5.06. The monoisotopic (exact) mass is 406 g/mol. The van der Waals surface area contributed by atoms with Crippen LogP contribution in [0, 0.1) is 5.92 Å². The molecule has 1 aliphatic rings. The van der Waals surface area contributed by atoms with Crippen LogP contribution in [0.3, 0.4) is 0 Å². The highest BCUT2D eigenvalue weighted by molar-refractivity contribution is 5.69. The number of carbonyl (C=O) groups is 1. The van der Waals surface area contributed by atoms with Crippen LogP contribution in [0.25, 0.3) is 5.76 Å². The molecule has 0 spiro atoms. The second-order valence-electron chi connectivity index (χ2n) is 7.13. The summed E-state index contributed by atoms with van der Waals surface area (Å²) in [7, 11) is 3.47. The molecule has 0 radical (unpaired) electrons. The number of unbranched alkanes of at least 4 members (excludes halogenated alkanes) is 1. The number of hydrogen-bond donors (Lipinski definition) is 3. The summed E-state index contributed by atoms with van der Waals surface area (Å²) in [4.78, 5) is 9.37. The number of ether oxygens (including phenoxy) is 2. The fraction of sp³-hybridized carbons (Fsp3) is 0.609. The summed E-state index contributed by atoms with van der Waals surface area (Å²) in [6.45, 7) is 7.97. The standard InChI is InChI=1S/C20H32N2O2.C3H6O2/c1-5-7-9-15(6-2)14-16-10-8-11-17(18(16)23-3)19(24-4)20-21-12-13-22-20;1-2-3(4)5/h8,10-11,15,21-22H,5-7,9,12-14H2,1-4H3;2H2,1H3,(H,4,5). The Morgan fingerprint density at radius 3 is 2.31 bits per heavy atom. The van der Waals surface area contributed by atoms with E-state index in [2.05, 4.69) is 42.7 Å². The van der Waals surface area contributed by atoms with Crippen LogP contribution in [0.15, 0.2) is 24.0 Å². The second kappa shape index (κ2) is 13.7. The topological polar surface area (TPSA) is 79.8 Å². The predicted octanol–water partition coefficient (Wildman–Crippen LogP) is 4.40. The first-order valence-corrected chi connectivity index (χ1v) is 10.7. The lowest BCUT2D eigenvalue weighted by Crippen LogP contribution is -2.15. The Kier molecular flexibility index (Phi) is 11.7. The van der Waals surface area contributed by atoms with E-state index < -0.39 is 5.97 Å². The van der Waals surface area contributed by atoms with Gasteiger partial charge in [-0.25, -0.2) is 0 Å². The Morgan fingerprint density at radius 1 is 1.17 bits per heavy atom. The number of methoxy groups -OCH3 is 2. The van der Waals surface area contributed by atoms with E-state index in [1.165, 1.54) is 31.2 Å². The summed E-state index contributed by atoms with van der Waals surface area (Å²) in [6, 6.07) is 6.36. The number of aliphatic carboxylic acids is 1. The Hall–Kier alpha value is -2.37. The first-order valence-electron chi connectivity index (χ1n) is 10.7. The smallest absolute Gasteiger partial charge is 0.303 e. The molecule has 0 aromatic heterocycles. The highest BCUT2D eigenvalue weighted by Crippen LogP contribution is 2.34. The van der Waals surface area contributed by atoms with Crippen molar-refractivity contribution in [2.24, 2.45) is 5.92 Å². The zero-order valence-corrected chi connectivity index (χ0v) is 18.6. The Morgan fingerprint density at radius 2 is 1.83 bits per heavy atom. The van der Waals surface area contributed by atoms with Crippen LogP contribution in [0.1, 0.15) is 64.0 Å². The van der Waals surface area contributed by atoms with Crippen LogP contribution in [0.5, 0.6) is 5.75 Å². The van der Waals surface area contributed by atoms with Crippen molar-refractivity contribution < 1.29 is 19.4 Å². The summed E-state index contributed by atoms with van der Waals surface area (Å²) in [6.07, 6.45) is 6.31. The van der Waals surface area contributed by atoms with Crippen LogP contribution in [-0.2, 0) is 16.0 Å². The fourth-order valence-electron chi connectivity index (χ4n) is 3.36. The molecule has 0 aliphatic carbocycles. The molecule has 3 N–H and O–H groups in total. The molecule has 0 bridgehead atoms. The normalized spacial score (nSPS) is 13.5. The molecule has 29 heavy (non-hydrogen) atoms. The van der Waals surface area contributed by atoms with Gasteiger partial charge in [-0.15, -0.1) is 0 Å². The van der Waals surface area contributed by atoms with Gasteiger partial charge in [0.05, 0.1) is 19.8 Å². The predicted molar refractivity (Wildman–Crippen MR) is 118 cm³/mol. The molecule has 1 aromatic rings. The highest BCUT2D eigenvalue weighted by Gasteiger charge is 2.20. The minimum Gasteiger partial charge on any atom is -0.496 e. The van der Waals surface area contributed by atoms with E-state index in [4.69, 9.17) is 14.6 Å². The van der Waals surface area contributed by atoms with E-state index in [1.54, 1.807) is 21.1 Å². The molecule has 1 atom stereocenters. The zero-order valence-electron chi connectivity index (χ0n) is 18.6. The van der Waals surface area contributed by atoms with Crippen molar-refractivity contribution in [2.45, 2.75) is 59.3 Å². The zero-order chi connectivity index (χ0) is 21.6. The maximum Gasteiger partial charge on any atom is 0.303 e. The molecule has 6 heteroatoms. The van der Waals surface area contributed by atoms with Gasteiger partial charge in [-0.1, -0.05) is 58.6 Å². The van der Waals surface area contributed by atoms with Crippen molar-refractivity contribution in [3.05, 3.63) is 35.1 Å². The van der Waals surface area contributed by atoms with Crippen molar-refractivity contribution in [2.75, 3.05) is 27.3 Å². The van der Waals surface area contributed by atoms with Crippen LogP contribution in [0.4, 0.5) is 0 Å². The molecule has 0 amide bonds. The summed E-state index contributed by atoms with van der Waals surface area (Å²) < 4.78 is 11.5. The minimum absolute atomic E-state index is 0.222. The molecule has 1 fully saturated rings. The largest absolute Gasteiger partial charge is 0.496 e. The number of hydrogen-bond acceptors (Lipinski definition) is 5. The number of benzene rings is 1. The Bertz CT molecular complexity index is 650. The average Bonchev–Trinajstić information content (AvgIpc) is 3.26. The van der Waals surface area contributed by atoms with Gasteiger partial charge < -0.3 is 25.2 Å². The SMILES string of the molecule is CCC(=O)O.CCCCC(CC)Cc1cccc(C(OC)=C2NCCN2)c1OC. The van der Waals surface area contributed by atoms with Crippen molar-refractivity contribution >= 4 is 11.7 Å². The Balaban J connectivity index is 0.000000749. The molecular weight excluding hydrogens is 368 g/mol. The van der Waals surface area contributed by atoms with Gasteiger partial charge in [-0.3, -0.25) is 4.79 Å². The van der Waals surface area contributed by atoms with Gasteiger partial charge in [-0.05, 0) is 24.0 Å². The first kappa shape index (κ1) is 24.7. The number of carboxylic acids is 1. The van der Waals surface area contributed by atoms with Crippen molar-refractivity contribution in [3.63, 3.8) is 0 Å². The van der Waals surface area contributed by atoms with Crippen molar-refractivity contribution in [3.8, 4) is 5.75 Å². The summed E-state index contributed by atoms with van der Waals surface area (Å²) in [5, 5.41) is 14.4. The maximum atomic E-state index is 9.37. The number of rotatable bonds is 10. The number of nitrogens with one attached hydrogen (secondary N) is 2. The Labute approximate surface area is 175 Å². The first-order chi connectivity index (χ1) is 14.0. The van der Waals surface area contributed by atoms with Crippen LogP contribution < -0.4 is 15.4 Å². The van der Waals surface area contributed by atoms with E-state index in [0.717, 1.165) is 42.4 Å². The molecule has 6 nitrogen and oxygen atoms in total. The third-order valence-electron chi connectivity index (χ3n) is 5.06. The lowest BCUT2D eigenvalue weighted by Gasteiger charge is -2.20. The van der Waals surface area contributed by atoms with E-state index in [0.29, 0.717) is 5.92 Å². The number of para-hydroxylation sites is 1. The van der Waals surface area contributed by atoms with Gasteiger partial charge in [0.25, 0.3) is 0 Å². The lowest BCUT2D eigenvalue weighted by molar-refractivity contribution is -0.136. The molecule has 1 aromatic carbocycles. The summed E-state index contributed by atoms with van der Waals surface area (Å²) in [5.74, 6) is 2.67. The molecule has 1 saturated heterocycles. The van der Waals surface area contributed by atoms with Gasteiger partial charge in [0.2, 0.25) is 0 Å². The highest BCUT2D eigenvalue weighted by atomic mass is 16.5. The summed E-state index contributed by atoms with van der Waals surface area (Å²) in [5.41, 5.74) is 2.28. The molecular formula is C23H38N2O4. The van der Waals surface area contributed by atoms with Crippen LogP contribution in [0.2, 0.25) is 0 Å². The van der Waals surface area contributed by atoms with Gasteiger partial charge >= 0.3 is 5.97 Å². The van der Waals surface area contributed by atoms with Gasteiger partial charge in [0.1, 0.15) is 11.6 Å². The molecule has 1 aliphatic heterocycles. The van der Waals surface area contributed by atoms with E-state index in [9.17, 15) is 4.79 Å². The quantitative estimate of drug-likeness (QED) is 0.500. The third kappa shape index (κ3) is 7.87. The average molecular weight is 407 g/mol. The molecule has 1 unspecified atom stereocenters. The summed E-state index contributed by atoms with van der Waals surface area (Å²) >= 11 is 0. The van der Waals surface area contributed by atoms with Crippen molar-refractivity contribution in [1.82, 2.24) is 10.6 Å². The van der Waals surface area contributed by atoms with Gasteiger partial charge in [0.15, 0.2) is 5.76 Å². The molecule has 164 valence electrons. The fourth-order valence-corrected chi connectivity index (χ4v) is 3.36. The van der Waals surface area contributed by atoms with E-state index in [-0.39, 0.29) is 6.42 Å². The van der Waals surface area contributed by atoms with Crippen LogP contribution >= 0.6 is 0 Å². The molecule has 1 heterocycles. The minimum atomic E-state index is -0.745. The van der Waals surface area contributed by atoms with Gasteiger partial charge in [-0.2, -0.15) is 0 Å². The maximum absolute atomic E-state index is 9.37. The van der Waals surface area contributed by atoms with E-state index >= 15 is 0 Å². The van der Waals surface area contributed by atoms with Gasteiger partial charge in [0, 0.05) is 19.5 Å². The number of carboxylic acid groups (broad SMARTS) is 1. The second-order valence-corrected chi connectivity index (χ2v) is 7.13. The van der Waals surface area contributed by atoms with Crippen molar-refractivity contribution in [1.29, 1.82) is 0 Å². The molecule has 0 saturated carbocycles. The lowest BCUT2D eigenvalue weighted by atomic mass is 9.90.